The molecule has 0 spiro atoms. The summed E-state index contributed by atoms with van der Waals surface area (Å²) in [6.07, 6.45) is 0.395. The zero-order valence-electron chi connectivity index (χ0n) is 22.4. The number of unbranched alkanes of at least 4 members (excludes halogenated alkanes) is 1. The van der Waals surface area contributed by atoms with Crippen molar-refractivity contribution in [1.29, 1.82) is 0 Å². The van der Waals surface area contributed by atoms with E-state index in [0.29, 0.717) is 12.1 Å². The van der Waals surface area contributed by atoms with Crippen LogP contribution < -0.4 is 16.4 Å². The Morgan fingerprint density at radius 3 is 2.14 bits per heavy atom. The Balaban J connectivity index is 3.54. The van der Waals surface area contributed by atoms with Crippen LogP contribution in [0.3, 0.4) is 0 Å². The minimum atomic E-state index is -1.31. The van der Waals surface area contributed by atoms with E-state index in [1.165, 1.54) is 4.90 Å². The number of nitrogens with zero attached hydrogens (tertiary/aromatic N) is 1. The average molecular weight is 491 g/mol. The number of hydrogen-bond donors (Lipinski definition) is 3. The summed E-state index contributed by atoms with van der Waals surface area (Å²) in [6.45, 7) is 14.8. The molecule has 2 unspecified atom stereocenters. The van der Waals surface area contributed by atoms with Crippen LogP contribution in [0.15, 0.2) is 24.3 Å². The number of benzene rings is 1. The summed E-state index contributed by atoms with van der Waals surface area (Å²) < 4.78 is 5.29. The number of hydrogen-bond acceptors (Lipinski definition) is 5. The first-order valence-corrected chi connectivity index (χ1v) is 12.0. The topological polar surface area (TPSA) is 131 Å². The molecule has 35 heavy (non-hydrogen) atoms. The monoisotopic (exact) mass is 490 g/mol. The van der Waals surface area contributed by atoms with Gasteiger partial charge in [-0.3, -0.25) is 14.4 Å². The molecule has 1 aromatic carbocycles. The third-order valence-electron chi connectivity index (χ3n) is 5.17. The fraction of sp³-hybridized carbons (Fsp3) is 0.615. The van der Waals surface area contributed by atoms with Crippen molar-refractivity contribution in [3.05, 3.63) is 35.4 Å². The molecule has 0 aromatic heterocycles. The minimum Gasteiger partial charge on any atom is -0.444 e. The van der Waals surface area contributed by atoms with Crippen LogP contribution in [0.5, 0.6) is 0 Å². The molecular weight excluding hydrogens is 448 g/mol. The molecule has 0 fully saturated rings. The highest BCUT2D eigenvalue weighted by atomic mass is 16.6. The second-order valence-electron chi connectivity index (χ2n) is 10.7. The van der Waals surface area contributed by atoms with E-state index in [-0.39, 0.29) is 5.91 Å². The molecule has 0 aliphatic rings. The molecule has 4 amide bonds. The number of primary amides is 1. The molecule has 1 aromatic rings. The number of rotatable bonds is 10. The van der Waals surface area contributed by atoms with Crippen LogP contribution in [-0.4, -0.2) is 52.4 Å². The van der Waals surface area contributed by atoms with E-state index in [1.807, 2.05) is 26.0 Å². The SMILES string of the molecule is CCCCNC(=O)C(c1ccccc1C)N(C(=O)C(CC(N)=O)NC(=O)OC(C)(C)C)C(C)(C)C. The van der Waals surface area contributed by atoms with E-state index in [0.717, 1.165) is 18.4 Å². The first kappa shape index (κ1) is 29.9. The summed E-state index contributed by atoms with van der Waals surface area (Å²) in [5, 5.41) is 5.42. The Kier molecular flexibility index (Phi) is 10.7. The molecule has 0 bridgehead atoms. The Bertz CT molecular complexity index is 902. The molecular formula is C26H42N4O5. The summed E-state index contributed by atoms with van der Waals surface area (Å²) in [6, 6.07) is 5.03. The van der Waals surface area contributed by atoms with Crippen LogP contribution in [-0.2, 0) is 19.1 Å². The number of carbonyl (C=O) groups excluding carboxylic acids is 4. The van der Waals surface area contributed by atoms with Gasteiger partial charge in [0.1, 0.15) is 17.7 Å². The van der Waals surface area contributed by atoms with Crippen LogP contribution in [0.1, 0.15) is 84.9 Å². The fourth-order valence-corrected chi connectivity index (χ4v) is 3.64. The first-order valence-electron chi connectivity index (χ1n) is 12.0. The first-order chi connectivity index (χ1) is 16.1. The number of amides is 4. The largest absolute Gasteiger partial charge is 0.444 e. The van der Waals surface area contributed by atoms with Crippen LogP contribution in [0.2, 0.25) is 0 Å². The predicted molar refractivity (Wildman–Crippen MR) is 135 cm³/mol. The van der Waals surface area contributed by atoms with Crippen LogP contribution in [0.25, 0.3) is 0 Å². The second-order valence-corrected chi connectivity index (χ2v) is 10.7. The van der Waals surface area contributed by atoms with Gasteiger partial charge in [0, 0.05) is 12.1 Å². The molecule has 0 radical (unpaired) electrons. The van der Waals surface area contributed by atoms with Gasteiger partial charge in [-0.2, -0.15) is 0 Å². The summed E-state index contributed by atoms with van der Waals surface area (Å²) >= 11 is 0. The van der Waals surface area contributed by atoms with E-state index in [2.05, 4.69) is 10.6 Å². The number of nitrogens with two attached hydrogens (primary N) is 1. The molecule has 0 saturated carbocycles. The van der Waals surface area contributed by atoms with Crippen molar-refractivity contribution in [2.45, 2.75) is 97.9 Å². The maximum atomic E-state index is 14.0. The molecule has 0 aliphatic carbocycles. The molecule has 9 nitrogen and oxygen atoms in total. The van der Waals surface area contributed by atoms with Gasteiger partial charge in [-0.25, -0.2) is 4.79 Å². The lowest BCUT2D eigenvalue weighted by molar-refractivity contribution is -0.149. The van der Waals surface area contributed by atoms with Gasteiger partial charge in [0.15, 0.2) is 0 Å². The zero-order valence-corrected chi connectivity index (χ0v) is 22.4. The van der Waals surface area contributed by atoms with E-state index in [9.17, 15) is 19.2 Å². The van der Waals surface area contributed by atoms with Crippen LogP contribution in [0.4, 0.5) is 4.79 Å². The van der Waals surface area contributed by atoms with Gasteiger partial charge in [-0.05, 0) is 66.0 Å². The van der Waals surface area contributed by atoms with Crippen LogP contribution in [0, 0.1) is 6.92 Å². The molecule has 0 saturated heterocycles. The van der Waals surface area contributed by atoms with E-state index in [1.54, 1.807) is 53.7 Å². The zero-order chi connectivity index (χ0) is 27.0. The number of aryl methyl sites for hydroxylation is 1. The van der Waals surface area contributed by atoms with Crippen LogP contribution >= 0.6 is 0 Å². The summed E-state index contributed by atoms with van der Waals surface area (Å²) in [5.41, 5.74) is 5.24. The molecule has 0 aliphatic heterocycles. The highest BCUT2D eigenvalue weighted by Gasteiger charge is 2.42. The molecule has 0 heterocycles. The average Bonchev–Trinajstić information content (AvgIpc) is 2.69. The highest BCUT2D eigenvalue weighted by molar-refractivity contribution is 5.95. The molecule has 196 valence electrons. The Hall–Kier alpha value is -3.10. The smallest absolute Gasteiger partial charge is 0.408 e. The lowest BCUT2D eigenvalue weighted by atomic mass is 9.92. The lowest BCUT2D eigenvalue weighted by Crippen LogP contribution is -2.59. The normalized spacial score (nSPS) is 13.4. The van der Waals surface area contributed by atoms with Gasteiger partial charge in [-0.1, -0.05) is 37.6 Å². The van der Waals surface area contributed by atoms with Gasteiger partial charge >= 0.3 is 6.09 Å². The third kappa shape index (κ3) is 9.58. The maximum Gasteiger partial charge on any atom is 0.408 e. The number of nitrogens with one attached hydrogen (secondary N) is 2. The number of alkyl carbamates (subject to hydrolysis) is 1. The standard InChI is InChI=1S/C26H42N4O5/c1-9-10-15-28-22(32)21(18-14-12-11-13-17(18)2)30(25(3,4)5)23(33)19(16-20(27)31)29-24(34)35-26(6,7)8/h11-14,19,21H,9-10,15-16H2,1-8H3,(H2,27,31)(H,28,32)(H,29,34). The number of carbonyl (C=O) groups is 4. The van der Waals surface area contributed by atoms with E-state index < -0.39 is 47.6 Å². The van der Waals surface area contributed by atoms with Crippen molar-refractivity contribution in [3.8, 4) is 0 Å². The number of ether oxygens (including phenoxy) is 1. The summed E-state index contributed by atoms with van der Waals surface area (Å²) in [5.74, 6) is -1.72. The van der Waals surface area contributed by atoms with Crippen molar-refractivity contribution in [1.82, 2.24) is 15.5 Å². The minimum absolute atomic E-state index is 0.342. The Labute approximate surface area is 209 Å². The van der Waals surface area contributed by atoms with Gasteiger partial charge in [-0.15, -0.1) is 0 Å². The molecule has 9 heteroatoms. The van der Waals surface area contributed by atoms with E-state index in [4.69, 9.17) is 10.5 Å². The lowest BCUT2D eigenvalue weighted by Gasteiger charge is -2.43. The highest BCUT2D eigenvalue weighted by Crippen LogP contribution is 2.32. The third-order valence-corrected chi connectivity index (χ3v) is 5.17. The van der Waals surface area contributed by atoms with Crippen molar-refractivity contribution in [2.24, 2.45) is 5.73 Å². The van der Waals surface area contributed by atoms with Gasteiger partial charge in [0.25, 0.3) is 0 Å². The van der Waals surface area contributed by atoms with Crippen molar-refractivity contribution in [3.63, 3.8) is 0 Å². The fourth-order valence-electron chi connectivity index (χ4n) is 3.64. The molecule has 4 N–H and O–H groups in total. The second kappa shape index (κ2) is 12.6. The molecule has 1 rings (SSSR count). The van der Waals surface area contributed by atoms with Crippen molar-refractivity contribution in [2.75, 3.05) is 6.54 Å². The Morgan fingerprint density at radius 2 is 1.66 bits per heavy atom. The quantitative estimate of drug-likeness (QED) is 0.433. The Morgan fingerprint density at radius 1 is 1.06 bits per heavy atom. The van der Waals surface area contributed by atoms with Gasteiger partial charge in [0.05, 0.1) is 6.42 Å². The maximum absolute atomic E-state index is 14.0. The predicted octanol–water partition coefficient (Wildman–Crippen LogP) is 3.35. The van der Waals surface area contributed by atoms with E-state index >= 15 is 0 Å². The van der Waals surface area contributed by atoms with Crippen molar-refractivity contribution >= 4 is 23.8 Å². The van der Waals surface area contributed by atoms with Gasteiger partial charge < -0.3 is 26.0 Å². The summed E-state index contributed by atoms with van der Waals surface area (Å²) in [4.78, 5) is 53.2. The van der Waals surface area contributed by atoms with Crippen molar-refractivity contribution < 1.29 is 23.9 Å². The van der Waals surface area contributed by atoms with Gasteiger partial charge in [0.2, 0.25) is 17.7 Å². The molecule has 2 atom stereocenters. The summed E-state index contributed by atoms with van der Waals surface area (Å²) in [7, 11) is 0.